The van der Waals surface area contributed by atoms with E-state index in [9.17, 15) is 8.42 Å². The number of ether oxygens (including phenoxy) is 1. The van der Waals surface area contributed by atoms with Crippen LogP contribution < -0.4 is 4.72 Å². The molecule has 1 atom stereocenters. The Morgan fingerprint density at radius 1 is 1.37 bits per heavy atom. The first-order valence-electron chi connectivity index (χ1n) is 5.92. The van der Waals surface area contributed by atoms with E-state index >= 15 is 0 Å². The zero-order valence-electron chi connectivity index (χ0n) is 11.1. The fourth-order valence-corrected chi connectivity index (χ4v) is 2.83. The van der Waals surface area contributed by atoms with Gasteiger partial charge in [-0.15, -0.1) is 0 Å². The number of hydrogen-bond acceptors (Lipinski definition) is 4. The minimum Gasteiger partial charge on any atom is -0.384 e. The summed E-state index contributed by atoms with van der Waals surface area (Å²) in [5, 5.41) is 8.66. The molecule has 0 radical (unpaired) electrons. The average Bonchev–Trinajstić information content (AvgIpc) is 2.37. The number of nitrogens with one attached hydrogen (secondary N) is 1. The van der Waals surface area contributed by atoms with Gasteiger partial charge in [0.1, 0.15) is 0 Å². The average molecular weight is 282 g/mol. The molecule has 6 heteroatoms. The van der Waals surface area contributed by atoms with Gasteiger partial charge in [0.25, 0.3) is 0 Å². The highest BCUT2D eigenvalue weighted by atomic mass is 32.2. The zero-order chi connectivity index (χ0) is 14.3. The normalized spacial score (nSPS) is 12.9. The van der Waals surface area contributed by atoms with Crippen LogP contribution in [0.4, 0.5) is 0 Å². The summed E-state index contributed by atoms with van der Waals surface area (Å²) < 4.78 is 31.2. The number of rotatable bonds is 7. The molecule has 1 aromatic rings. The van der Waals surface area contributed by atoms with Gasteiger partial charge in [0.15, 0.2) is 0 Å². The maximum Gasteiger partial charge on any atom is 0.215 e. The van der Waals surface area contributed by atoms with E-state index in [1.165, 1.54) is 0 Å². The Morgan fingerprint density at radius 3 is 2.53 bits per heavy atom. The summed E-state index contributed by atoms with van der Waals surface area (Å²) >= 11 is 0. The molecule has 0 bridgehead atoms. The molecule has 19 heavy (non-hydrogen) atoms. The van der Waals surface area contributed by atoms with Gasteiger partial charge in [-0.3, -0.25) is 0 Å². The zero-order valence-corrected chi connectivity index (χ0v) is 11.9. The largest absolute Gasteiger partial charge is 0.384 e. The van der Waals surface area contributed by atoms with E-state index in [1.807, 2.05) is 13.0 Å². The standard InChI is InChI=1S/C13H18N2O3S/c1-11(9-18-2)8-15-19(16,17)10-13-5-3-12(7-14)4-6-13/h3-6,11,15H,8-10H2,1-2H3. The fraction of sp³-hybridized carbons (Fsp3) is 0.462. The van der Waals surface area contributed by atoms with Gasteiger partial charge in [-0.25, -0.2) is 13.1 Å². The molecule has 0 fully saturated rings. The van der Waals surface area contributed by atoms with Crippen molar-refractivity contribution in [2.45, 2.75) is 12.7 Å². The summed E-state index contributed by atoms with van der Waals surface area (Å²) in [5.41, 5.74) is 1.17. The molecule has 1 aromatic carbocycles. The predicted octanol–water partition coefficient (Wildman–Crippen LogP) is 1.26. The van der Waals surface area contributed by atoms with Crippen LogP contribution in [0.1, 0.15) is 18.1 Å². The molecule has 0 aromatic heterocycles. The lowest BCUT2D eigenvalue weighted by atomic mass is 10.2. The lowest BCUT2D eigenvalue weighted by Gasteiger charge is -2.12. The third-order valence-corrected chi connectivity index (χ3v) is 3.86. The molecule has 1 N–H and O–H groups in total. The first-order valence-corrected chi connectivity index (χ1v) is 7.57. The van der Waals surface area contributed by atoms with Crippen molar-refractivity contribution in [1.82, 2.24) is 4.72 Å². The van der Waals surface area contributed by atoms with E-state index < -0.39 is 10.0 Å². The van der Waals surface area contributed by atoms with Gasteiger partial charge in [0.2, 0.25) is 10.0 Å². The summed E-state index contributed by atoms with van der Waals surface area (Å²) in [4.78, 5) is 0. The van der Waals surface area contributed by atoms with Crippen molar-refractivity contribution in [3.05, 3.63) is 35.4 Å². The first-order chi connectivity index (χ1) is 8.96. The van der Waals surface area contributed by atoms with Gasteiger partial charge < -0.3 is 4.74 Å². The second-order valence-corrected chi connectivity index (χ2v) is 6.28. The Balaban J connectivity index is 2.56. The summed E-state index contributed by atoms with van der Waals surface area (Å²) in [6, 6.07) is 8.51. The van der Waals surface area contributed by atoms with Crippen molar-refractivity contribution in [1.29, 1.82) is 5.26 Å². The summed E-state index contributed by atoms with van der Waals surface area (Å²) in [6.45, 7) is 2.78. The van der Waals surface area contributed by atoms with Gasteiger partial charge in [-0.2, -0.15) is 5.26 Å². The Kier molecular flexibility index (Phi) is 5.96. The molecule has 0 aliphatic carbocycles. The Bertz CT molecular complexity index is 532. The van der Waals surface area contributed by atoms with E-state index in [0.29, 0.717) is 24.3 Å². The number of nitrogens with zero attached hydrogens (tertiary/aromatic N) is 1. The van der Waals surface area contributed by atoms with Gasteiger partial charge in [-0.05, 0) is 23.6 Å². The highest BCUT2D eigenvalue weighted by Crippen LogP contribution is 2.07. The van der Waals surface area contributed by atoms with Crippen molar-refractivity contribution in [3.8, 4) is 6.07 Å². The van der Waals surface area contributed by atoms with Gasteiger partial charge >= 0.3 is 0 Å². The van der Waals surface area contributed by atoms with Crippen molar-refractivity contribution in [3.63, 3.8) is 0 Å². The third-order valence-electron chi connectivity index (χ3n) is 2.54. The third kappa shape index (κ3) is 5.83. The molecule has 104 valence electrons. The van der Waals surface area contributed by atoms with Crippen LogP contribution in [0.5, 0.6) is 0 Å². The molecule has 0 amide bonds. The van der Waals surface area contributed by atoms with Crippen LogP contribution in [0.25, 0.3) is 0 Å². The van der Waals surface area contributed by atoms with Crippen molar-refractivity contribution in [2.75, 3.05) is 20.3 Å². The maximum absolute atomic E-state index is 11.8. The molecular formula is C13H18N2O3S. The molecule has 0 heterocycles. The molecule has 1 rings (SSSR count). The van der Waals surface area contributed by atoms with Crippen LogP contribution in [0, 0.1) is 17.2 Å². The number of benzene rings is 1. The minimum absolute atomic E-state index is 0.0849. The topological polar surface area (TPSA) is 79.2 Å². The molecule has 0 aliphatic rings. The predicted molar refractivity (Wildman–Crippen MR) is 72.8 cm³/mol. The van der Waals surface area contributed by atoms with Crippen LogP contribution in [-0.4, -0.2) is 28.7 Å². The summed E-state index contributed by atoms with van der Waals surface area (Å²) in [5.74, 6) is 0.0408. The van der Waals surface area contributed by atoms with Crippen LogP contribution in [-0.2, 0) is 20.5 Å². The molecule has 0 saturated heterocycles. The van der Waals surface area contributed by atoms with E-state index in [-0.39, 0.29) is 11.7 Å². The minimum atomic E-state index is -3.36. The highest BCUT2D eigenvalue weighted by molar-refractivity contribution is 7.88. The quantitative estimate of drug-likeness (QED) is 0.816. The maximum atomic E-state index is 11.8. The number of nitriles is 1. The highest BCUT2D eigenvalue weighted by Gasteiger charge is 2.13. The molecule has 1 unspecified atom stereocenters. The van der Waals surface area contributed by atoms with Crippen LogP contribution >= 0.6 is 0 Å². The Morgan fingerprint density at radius 2 is 2.00 bits per heavy atom. The van der Waals surface area contributed by atoms with Crippen molar-refractivity contribution in [2.24, 2.45) is 5.92 Å². The van der Waals surface area contributed by atoms with Crippen molar-refractivity contribution < 1.29 is 13.2 Å². The number of methoxy groups -OCH3 is 1. The van der Waals surface area contributed by atoms with E-state index in [0.717, 1.165) is 0 Å². The molecular weight excluding hydrogens is 264 g/mol. The lowest BCUT2D eigenvalue weighted by molar-refractivity contribution is 0.161. The SMILES string of the molecule is COCC(C)CNS(=O)(=O)Cc1ccc(C#N)cc1. The fourth-order valence-electron chi connectivity index (χ4n) is 1.56. The van der Waals surface area contributed by atoms with Crippen LogP contribution in [0.15, 0.2) is 24.3 Å². The van der Waals surface area contributed by atoms with E-state index in [2.05, 4.69) is 4.72 Å². The van der Waals surface area contributed by atoms with Gasteiger partial charge in [-0.1, -0.05) is 19.1 Å². The molecule has 0 aliphatic heterocycles. The summed E-state index contributed by atoms with van der Waals surface area (Å²) in [6.07, 6.45) is 0. The van der Waals surface area contributed by atoms with Gasteiger partial charge in [0.05, 0.1) is 17.4 Å². The smallest absolute Gasteiger partial charge is 0.215 e. The van der Waals surface area contributed by atoms with E-state index in [1.54, 1.807) is 31.4 Å². The van der Waals surface area contributed by atoms with Crippen molar-refractivity contribution >= 4 is 10.0 Å². The van der Waals surface area contributed by atoms with E-state index in [4.69, 9.17) is 10.00 Å². The first kappa shape index (κ1) is 15.6. The monoisotopic (exact) mass is 282 g/mol. The Hall–Kier alpha value is -1.42. The summed E-state index contributed by atoms with van der Waals surface area (Å²) in [7, 11) is -1.77. The lowest BCUT2D eigenvalue weighted by Crippen LogP contribution is -2.30. The van der Waals surface area contributed by atoms with Gasteiger partial charge in [0, 0.05) is 20.3 Å². The Labute approximate surface area is 114 Å². The van der Waals surface area contributed by atoms with Crippen LogP contribution in [0.3, 0.4) is 0 Å². The number of sulfonamides is 1. The molecule has 0 saturated carbocycles. The molecule has 5 nitrogen and oxygen atoms in total. The van der Waals surface area contributed by atoms with Crippen LogP contribution in [0.2, 0.25) is 0 Å². The molecule has 0 spiro atoms. The second-order valence-electron chi connectivity index (χ2n) is 4.48. The number of hydrogen-bond donors (Lipinski definition) is 1. The second kappa shape index (κ2) is 7.24.